The topological polar surface area (TPSA) is 55.4 Å². The summed E-state index contributed by atoms with van der Waals surface area (Å²) in [5, 5.41) is 5.16. The van der Waals surface area contributed by atoms with E-state index in [4.69, 9.17) is 0 Å². The maximum absolute atomic E-state index is 12.2. The zero-order chi connectivity index (χ0) is 17.6. The van der Waals surface area contributed by atoms with Crippen molar-refractivity contribution in [1.82, 2.24) is 0 Å². The Morgan fingerprint density at radius 1 is 0.840 bits per heavy atom. The Hall–Kier alpha value is -3.14. The molecule has 0 aliphatic rings. The smallest absolute Gasteiger partial charge is 0.309 e. The van der Waals surface area contributed by atoms with Crippen molar-refractivity contribution in [2.45, 2.75) is 12.8 Å². The van der Waals surface area contributed by atoms with Crippen LogP contribution in [-0.2, 0) is 27.2 Å². The maximum atomic E-state index is 12.2. The van der Waals surface area contributed by atoms with Crippen LogP contribution in [0.2, 0.25) is 0 Å². The van der Waals surface area contributed by atoms with E-state index >= 15 is 0 Å². The van der Waals surface area contributed by atoms with Gasteiger partial charge >= 0.3 is 5.97 Å². The normalized spacial score (nSPS) is 10.4. The quantitative estimate of drug-likeness (QED) is 0.724. The predicted octanol–water partition coefficient (Wildman–Crippen LogP) is 3.74. The van der Waals surface area contributed by atoms with E-state index in [9.17, 15) is 9.59 Å². The second-order valence-electron chi connectivity index (χ2n) is 5.86. The number of rotatable bonds is 5. The zero-order valence-electron chi connectivity index (χ0n) is 14.0. The molecule has 3 aromatic carbocycles. The van der Waals surface area contributed by atoms with Gasteiger partial charge in [-0.25, -0.2) is 0 Å². The first-order chi connectivity index (χ1) is 12.1. The number of methoxy groups -OCH3 is 1. The summed E-state index contributed by atoms with van der Waals surface area (Å²) in [5.41, 5.74) is 2.53. The molecule has 0 aliphatic heterocycles. The van der Waals surface area contributed by atoms with Crippen molar-refractivity contribution in [3.8, 4) is 0 Å². The van der Waals surface area contributed by atoms with Crippen LogP contribution in [0.5, 0.6) is 0 Å². The maximum Gasteiger partial charge on any atom is 0.309 e. The molecule has 25 heavy (non-hydrogen) atoms. The van der Waals surface area contributed by atoms with Gasteiger partial charge in [0.25, 0.3) is 0 Å². The largest absolute Gasteiger partial charge is 0.469 e. The van der Waals surface area contributed by atoms with Crippen molar-refractivity contribution in [2.24, 2.45) is 0 Å². The van der Waals surface area contributed by atoms with Gasteiger partial charge in [-0.15, -0.1) is 0 Å². The van der Waals surface area contributed by atoms with Gasteiger partial charge < -0.3 is 10.1 Å². The fraction of sp³-hybridized carbons (Fsp3) is 0.143. The molecule has 4 heteroatoms. The van der Waals surface area contributed by atoms with Crippen molar-refractivity contribution < 1.29 is 14.3 Å². The fourth-order valence-corrected chi connectivity index (χ4v) is 2.68. The molecule has 126 valence electrons. The highest BCUT2D eigenvalue weighted by Gasteiger charge is 2.06. The number of carbonyl (C=O) groups excluding carboxylic acids is 2. The number of nitrogens with one attached hydrogen (secondary N) is 1. The molecule has 3 aromatic rings. The second-order valence-corrected chi connectivity index (χ2v) is 5.86. The highest BCUT2D eigenvalue weighted by Crippen LogP contribution is 2.17. The molecule has 0 aliphatic carbocycles. The Morgan fingerprint density at radius 3 is 2.24 bits per heavy atom. The number of carbonyl (C=O) groups is 2. The van der Waals surface area contributed by atoms with Gasteiger partial charge in [-0.2, -0.15) is 0 Å². The minimum atomic E-state index is -0.284. The molecule has 1 N–H and O–H groups in total. The number of hydrogen-bond donors (Lipinski definition) is 1. The molecule has 4 nitrogen and oxygen atoms in total. The molecule has 3 rings (SSSR count). The van der Waals surface area contributed by atoms with Gasteiger partial charge in [0.1, 0.15) is 0 Å². The number of amides is 1. The van der Waals surface area contributed by atoms with Crippen LogP contribution in [0.1, 0.15) is 11.1 Å². The van der Waals surface area contributed by atoms with Crippen LogP contribution in [0.25, 0.3) is 10.8 Å². The SMILES string of the molecule is COC(=O)Cc1ccc(NC(=O)Cc2ccc3ccccc3c2)cc1. The average molecular weight is 333 g/mol. The van der Waals surface area contributed by atoms with Gasteiger partial charge in [0, 0.05) is 5.69 Å². The van der Waals surface area contributed by atoms with E-state index in [-0.39, 0.29) is 18.3 Å². The third-order valence-corrected chi connectivity index (χ3v) is 3.99. The van der Waals surface area contributed by atoms with Crippen molar-refractivity contribution in [2.75, 3.05) is 12.4 Å². The summed E-state index contributed by atoms with van der Waals surface area (Å²) in [6, 6.07) is 21.3. The van der Waals surface area contributed by atoms with E-state index in [1.54, 1.807) is 12.1 Å². The van der Waals surface area contributed by atoms with Crippen molar-refractivity contribution >= 4 is 28.3 Å². The summed E-state index contributed by atoms with van der Waals surface area (Å²) in [6.45, 7) is 0. The third-order valence-electron chi connectivity index (χ3n) is 3.99. The molecule has 0 spiro atoms. The Bertz CT molecular complexity index is 900. The molecule has 0 heterocycles. The van der Waals surface area contributed by atoms with Gasteiger partial charge in [0.15, 0.2) is 0 Å². The van der Waals surface area contributed by atoms with Gasteiger partial charge in [-0.3, -0.25) is 9.59 Å². The summed E-state index contributed by atoms with van der Waals surface area (Å²) in [7, 11) is 1.36. The zero-order valence-corrected chi connectivity index (χ0v) is 14.0. The Labute approximate surface area is 146 Å². The molecule has 0 bridgehead atoms. The van der Waals surface area contributed by atoms with Crippen molar-refractivity contribution in [3.05, 3.63) is 77.9 Å². The van der Waals surface area contributed by atoms with Gasteiger partial charge in [0.05, 0.1) is 20.0 Å². The van der Waals surface area contributed by atoms with E-state index in [2.05, 4.69) is 16.1 Å². The number of ether oxygens (including phenoxy) is 1. The Morgan fingerprint density at radius 2 is 1.52 bits per heavy atom. The second kappa shape index (κ2) is 7.62. The standard InChI is InChI=1S/C21H19NO3/c1-25-21(24)14-15-7-10-19(11-8-15)22-20(23)13-16-6-9-17-4-2-3-5-18(17)12-16/h2-12H,13-14H2,1H3,(H,22,23). The number of hydrogen-bond acceptors (Lipinski definition) is 3. The van der Waals surface area contributed by atoms with Crippen LogP contribution in [0.4, 0.5) is 5.69 Å². The van der Waals surface area contributed by atoms with Crippen LogP contribution < -0.4 is 5.32 Å². The molecule has 1 amide bonds. The lowest BCUT2D eigenvalue weighted by molar-refractivity contribution is -0.139. The number of anilines is 1. The lowest BCUT2D eigenvalue weighted by Gasteiger charge is -2.07. The molecule has 0 saturated heterocycles. The minimum absolute atomic E-state index is 0.0731. The monoisotopic (exact) mass is 333 g/mol. The van der Waals surface area contributed by atoms with Crippen LogP contribution in [-0.4, -0.2) is 19.0 Å². The number of esters is 1. The van der Waals surface area contributed by atoms with Crippen LogP contribution in [0, 0.1) is 0 Å². The molecule has 0 atom stereocenters. The summed E-state index contributed by atoms with van der Waals surface area (Å²) in [4.78, 5) is 23.5. The first-order valence-electron chi connectivity index (χ1n) is 8.07. The highest BCUT2D eigenvalue weighted by molar-refractivity contribution is 5.93. The summed E-state index contributed by atoms with van der Waals surface area (Å²) in [5.74, 6) is -0.357. The fourth-order valence-electron chi connectivity index (χ4n) is 2.68. The summed E-state index contributed by atoms with van der Waals surface area (Å²) in [6.07, 6.45) is 0.538. The van der Waals surface area contributed by atoms with E-state index in [0.717, 1.165) is 21.9 Å². The number of fused-ring (bicyclic) bond motifs is 1. The molecule has 0 radical (unpaired) electrons. The van der Waals surface area contributed by atoms with E-state index in [1.165, 1.54) is 7.11 Å². The lowest BCUT2D eigenvalue weighted by Crippen LogP contribution is -2.14. The molecular weight excluding hydrogens is 314 g/mol. The van der Waals surface area contributed by atoms with Crippen molar-refractivity contribution in [1.29, 1.82) is 0 Å². The molecular formula is C21H19NO3. The first-order valence-corrected chi connectivity index (χ1v) is 8.07. The molecule has 0 aromatic heterocycles. The first kappa shape index (κ1) is 16.7. The Balaban J connectivity index is 1.62. The molecule has 0 fully saturated rings. The predicted molar refractivity (Wildman–Crippen MR) is 98.4 cm³/mol. The van der Waals surface area contributed by atoms with E-state index in [0.29, 0.717) is 12.1 Å². The third kappa shape index (κ3) is 4.44. The van der Waals surface area contributed by atoms with Crippen molar-refractivity contribution in [3.63, 3.8) is 0 Å². The van der Waals surface area contributed by atoms with Crippen LogP contribution >= 0.6 is 0 Å². The lowest BCUT2D eigenvalue weighted by atomic mass is 10.0. The Kier molecular flexibility index (Phi) is 5.09. The summed E-state index contributed by atoms with van der Waals surface area (Å²) < 4.78 is 4.64. The molecule has 0 unspecified atom stereocenters. The van der Waals surface area contributed by atoms with Crippen LogP contribution in [0.3, 0.4) is 0 Å². The van der Waals surface area contributed by atoms with E-state index in [1.807, 2.05) is 48.5 Å². The van der Waals surface area contributed by atoms with Gasteiger partial charge in [-0.05, 0) is 34.0 Å². The summed E-state index contributed by atoms with van der Waals surface area (Å²) >= 11 is 0. The highest BCUT2D eigenvalue weighted by atomic mass is 16.5. The average Bonchev–Trinajstić information content (AvgIpc) is 2.63. The van der Waals surface area contributed by atoms with Gasteiger partial charge in [0.2, 0.25) is 5.91 Å². The number of benzene rings is 3. The van der Waals surface area contributed by atoms with E-state index < -0.39 is 0 Å². The molecule has 0 saturated carbocycles. The minimum Gasteiger partial charge on any atom is -0.469 e. The van der Waals surface area contributed by atoms with Gasteiger partial charge in [-0.1, -0.05) is 54.6 Å². The van der Waals surface area contributed by atoms with Crippen LogP contribution in [0.15, 0.2) is 66.7 Å².